The van der Waals surface area contributed by atoms with E-state index in [1.165, 1.54) is 0 Å². The van der Waals surface area contributed by atoms with Crippen molar-refractivity contribution in [2.45, 2.75) is 51.6 Å². The second-order valence-corrected chi connectivity index (χ2v) is 13.0. The van der Waals surface area contributed by atoms with Crippen LogP contribution in [0.1, 0.15) is 57.2 Å². The minimum Gasteiger partial charge on any atom is -0.341 e. The molecule has 4 aromatic rings. The molecule has 0 bridgehead atoms. The molecule has 10 nitrogen and oxygen atoms in total. The molecule has 2 fully saturated rings. The van der Waals surface area contributed by atoms with Gasteiger partial charge in [-0.3, -0.25) is 4.68 Å². The molecule has 0 radical (unpaired) electrons. The van der Waals surface area contributed by atoms with E-state index >= 15 is 0 Å². The number of nitrogens with one attached hydrogen (secondary N) is 1. The van der Waals surface area contributed by atoms with Crippen LogP contribution in [0.3, 0.4) is 0 Å². The zero-order valence-corrected chi connectivity index (χ0v) is 22.7. The molecule has 2 aliphatic rings. The first-order chi connectivity index (χ1) is 18.4. The summed E-state index contributed by atoms with van der Waals surface area (Å²) in [4.78, 5) is 16.7. The highest BCUT2D eigenvalue weighted by Crippen LogP contribution is 2.36. The molecule has 200 valence electrons. The van der Waals surface area contributed by atoms with Gasteiger partial charge in [0, 0.05) is 25.3 Å². The number of anilines is 3. The molecule has 11 heteroatoms. The Morgan fingerprint density at radius 1 is 1.03 bits per heavy atom. The summed E-state index contributed by atoms with van der Waals surface area (Å²) in [7, 11) is -2.95. The molecule has 1 aromatic carbocycles. The first-order valence-electron chi connectivity index (χ1n) is 13.4. The summed E-state index contributed by atoms with van der Waals surface area (Å²) in [6.07, 6.45) is 9.16. The van der Waals surface area contributed by atoms with Gasteiger partial charge in [-0.2, -0.15) is 15.1 Å². The summed E-state index contributed by atoms with van der Waals surface area (Å²) in [6.45, 7) is 6.15. The van der Waals surface area contributed by atoms with Gasteiger partial charge in [-0.1, -0.05) is 30.3 Å². The van der Waals surface area contributed by atoms with E-state index in [1.807, 2.05) is 35.4 Å². The molecule has 2 aliphatic heterocycles. The van der Waals surface area contributed by atoms with Crippen molar-refractivity contribution >= 4 is 38.5 Å². The van der Waals surface area contributed by atoms with Crippen LogP contribution in [0.2, 0.25) is 0 Å². The monoisotopic (exact) mass is 534 g/mol. The van der Waals surface area contributed by atoms with Gasteiger partial charge in [0.1, 0.15) is 9.84 Å². The fourth-order valence-electron chi connectivity index (χ4n) is 5.64. The highest BCUT2D eigenvalue weighted by atomic mass is 32.2. The van der Waals surface area contributed by atoms with Gasteiger partial charge >= 0.3 is 0 Å². The maximum Gasteiger partial charge on any atom is 0.229 e. The second kappa shape index (κ2) is 10.0. The highest BCUT2D eigenvalue weighted by Gasteiger charge is 2.32. The summed E-state index contributed by atoms with van der Waals surface area (Å²) >= 11 is 0. The fraction of sp³-hybridized carbons (Fsp3) is 0.481. The third-order valence-electron chi connectivity index (χ3n) is 7.69. The van der Waals surface area contributed by atoms with Crippen LogP contribution in [0.15, 0.2) is 49.1 Å². The number of fused-ring (bicyclic) bond motifs is 1. The minimum absolute atomic E-state index is 0.0482. The van der Waals surface area contributed by atoms with Crippen LogP contribution in [0.4, 0.5) is 17.5 Å². The molecule has 0 aliphatic carbocycles. The first-order valence-corrected chi connectivity index (χ1v) is 15.3. The van der Waals surface area contributed by atoms with Crippen LogP contribution in [0.25, 0.3) is 11.2 Å². The summed E-state index contributed by atoms with van der Waals surface area (Å²) in [5.74, 6) is 2.02. The normalized spacial score (nSPS) is 18.9. The van der Waals surface area contributed by atoms with Gasteiger partial charge in [-0.25, -0.2) is 13.4 Å². The number of imidazole rings is 1. The molecule has 1 atom stereocenters. The van der Waals surface area contributed by atoms with Crippen molar-refractivity contribution in [1.82, 2.24) is 29.3 Å². The Labute approximate surface area is 223 Å². The van der Waals surface area contributed by atoms with Crippen LogP contribution in [0, 0.1) is 5.92 Å². The highest BCUT2D eigenvalue weighted by molar-refractivity contribution is 7.91. The topological polar surface area (TPSA) is 111 Å². The molecular weight excluding hydrogens is 500 g/mol. The summed E-state index contributed by atoms with van der Waals surface area (Å²) < 4.78 is 28.3. The molecule has 0 amide bonds. The van der Waals surface area contributed by atoms with Crippen molar-refractivity contribution in [2.75, 3.05) is 34.8 Å². The Morgan fingerprint density at radius 3 is 2.47 bits per heavy atom. The first kappa shape index (κ1) is 24.8. The van der Waals surface area contributed by atoms with Crippen molar-refractivity contribution in [3.63, 3.8) is 0 Å². The average Bonchev–Trinajstić information content (AvgIpc) is 3.67. The van der Waals surface area contributed by atoms with Gasteiger partial charge in [0.05, 0.1) is 35.8 Å². The molecule has 38 heavy (non-hydrogen) atoms. The van der Waals surface area contributed by atoms with Gasteiger partial charge in [-0.15, -0.1) is 0 Å². The van der Waals surface area contributed by atoms with E-state index in [0.29, 0.717) is 18.7 Å². The maximum atomic E-state index is 12.1. The third kappa shape index (κ3) is 4.87. The van der Waals surface area contributed by atoms with E-state index in [4.69, 9.17) is 15.1 Å². The molecule has 3 aromatic heterocycles. The lowest BCUT2D eigenvalue weighted by molar-refractivity contribution is 0.326. The van der Waals surface area contributed by atoms with Crippen LogP contribution in [-0.4, -0.2) is 62.3 Å². The summed E-state index contributed by atoms with van der Waals surface area (Å²) in [5.41, 5.74) is 3.48. The minimum atomic E-state index is -2.95. The Bertz CT molecular complexity index is 1510. The number of aromatic nitrogens is 6. The fourth-order valence-corrected chi connectivity index (χ4v) is 7.16. The number of hydrogen-bond acceptors (Lipinski definition) is 8. The van der Waals surface area contributed by atoms with Gasteiger partial charge in [0.25, 0.3) is 0 Å². The Balaban J connectivity index is 1.34. The van der Waals surface area contributed by atoms with Crippen molar-refractivity contribution in [3.8, 4) is 0 Å². The van der Waals surface area contributed by atoms with Gasteiger partial charge in [0.15, 0.2) is 17.0 Å². The number of nitrogens with zero attached hydrogens (tertiary/aromatic N) is 7. The Morgan fingerprint density at radius 2 is 1.76 bits per heavy atom. The average molecular weight is 535 g/mol. The summed E-state index contributed by atoms with van der Waals surface area (Å²) in [5, 5.41) is 8.21. The number of hydrogen-bond donors (Lipinski definition) is 1. The van der Waals surface area contributed by atoms with E-state index in [2.05, 4.69) is 45.7 Å². The lowest BCUT2D eigenvalue weighted by Crippen LogP contribution is -2.30. The van der Waals surface area contributed by atoms with E-state index in [9.17, 15) is 8.42 Å². The Hall–Kier alpha value is -3.47. The smallest absolute Gasteiger partial charge is 0.229 e. The quantitative estimate of drug-likeness (QED) is 0.372. The third-order valence-corrected chi connectivity index (χ3v) is 9.41. The van der Waals surface area contributed by atoms with Crippen LogP contribution in [0.5, 0.6) is 0 Å². The standard InChI is InChI=1S/C27H34N8O2S/c1-19(2)34-18-28-23-25(31-27(32-26(23)34)33-12-6-7-13-33)30-22-16-29-35(17-22)24(20-8-4-3-5-9-20)21-10-14-38(36,37)15-11-21/h3-5,8-9,16-19,21,24H,6-7,10-15H2,1-2H3,(H,30,31,32). The molecule has 1 N–H and O–H groups in total. The van der Waals surface area contributed by atoms with E-state index in [0.717, 1.165) is 54.3 Å². The Kier molecular flexibility index (Phi) is 6.55. The maximum absolute atomic E-state index is 12.1. The van der Waals surface area contributed by atoms with Crippen molar-refractivity contribution in [1.29, 1.82) is 0 Å². The number of benzene rings is 1. The van der Waals surface area contributed by atoms with E-state index in [-0.39, 0.29) is 29.5 Å². The molecule has 6 rings (SSSR count). The van der Waals surface area contributed by atoms with Crippen molar-refractivity contribution in [2.24, 2.45) is 5.92 Å². The molecule has 2 saturated heterocycles. The molecule has 0 spiro atoms. The van der Waals surface area contributed by atoms with Crippen LogP contribution < -0.4 is 10.2 Å². The molecule has 1 unspecified atom stereocenters. The molecular formula is C27H34N8O2S. The largest absolute Gasteiger partial charge is 0.341 e. The molecule has 5 heterocycles. The summed E-state index contributed by atoms with van der Waals surface area (Å²) in [6, 6.07) is 10.4. The SMILES string of the molecule is CC(C)n1cnc2c(Nc3cnn(C(c4ccccc4)C4CCS(=O)(=O)CC4)c3)nc(N3CCCC3)nc21. The van der Waals surface area contributed by atoms with Crippen molar-refractivity contribution < 1.29 is 8.42 Å². The zero-order valence-electron chi connectivity index (χ0n) is 21.9. The predicted molar refractivity (Wildman–Crippen MR) is 149 cm³/mol. The molecule has 0 saturated carbocycles. The van der Waals surface area contributed by atoms with Gasteiger partial charge in [0.2, 0.25) is 5.95 Å². The lowest BCUT2D eigenvalue weighted by atomic mass is 9.88. The lowest BCUT2D eigenvalue weighted by Gasteiger charge is -2.30. The van der Waals surface area contributed by atoms with Crippen molar-refractivity contribution in [3.05, 3.63) is 54.6 Å². The van der Waals surface area contributed by atoms with Crippen LogP contribution in [-0.2, 0) is 9.84 Å². The predicted octanol–water partition coefficient (Wildman–Crippen LogP) is 4.36. The zero-order chi connectivity index (χ0) is 26.3. The van der Waals surface area contributed by atoms with E-state index in [1.54, 1.807) is 6.20 Å². The van der Waals surface area contributed by atoms with Gasteiger partial charge < -0.3 is 14.8 Å². The van der Waals surface area contributed by atoms with Crippen LogP contribution >= 0.6 is 0 Å². The second-order valence-electron chi connectivity index (χ2n) is 10.7. The van der Waals surface area contributed by atoms with E-state index < -0.39 is 9.84 Å². The number of rotatable bonds is 7. The van der Waals surface area contributed by atoms with Gasteiger partial charge in [-0.05, 0) is 51.0 Å². The number of sulfone groups is 1.